The smallest absolute Gasteiger partial charge is 0.326 e. The summed E-state index contributed by atoms with van der Waals surface area (Å²) < 4.78 is 0. The van der Waals surface area contributed by atoms with Crippen molar-refractivity contribution >= 4 is 17.9 Å². The number of carboxylic acids is 1. The highest BCUT2D eigenvalue weighted by Gasteiger charge is 2.33. The van der Waals surface area contributed by atoms with Crippen LogP contribution in [0.4, 0.5) is 4.79 Å². The summed E-state index contributed by atoms with van der Waals surface area (Å²) in [5, 5.41) is 11.4. The fourth-order valence-corrected chi connectivity index (χ4v) is 2.97. The van der Waals surface area contributed by atoms with Crippen LogP contribution in [0.1, 0.15) is 25.7 Å². The zero-order valence-corrected chi connectivity index (χ0v) is 12.0. The van der Waals surface area contributed by atoms with Crippen LogP contribution >= 0.6 is 0 Å². The molecule has 0 radical (unpaired) electrons. The van der Waals surface area contributed by atoms with E-state index >= 15 is 0 Å². The van der Waals surface area contributed by atoms with Crippen molar-refractivity contribution < 1.29 is 19.5 Å². The number of amides is 3. The van der Waals surface area contributed by atoms with E-state index in [1.807, 2.05) is 0 Å². The van der Waals surface area contributed by atoms with Crippen LogP contribution in [0.15, 0.2) is 0 Å². The molecule has 118 valence electrons. The van der Waals surface area contributed by atoms with Gasteiger partial charge >= 0.3 is 12.0 Å². The molecule has 2 atom stereocenters. The van der Waals surface area contributed by atoms with Crippen LogP contribution < -0.4 is 11.1 Å². The lowest BCUT2D eigenvalue weighted by Crippen LogP contribution is -2.49. The molecular weight excluding hydrogens is 276 g/mol. The predicted octanol–water partition coefficient (Wildman–Crippen LogP) is -0.805. The molecule has 8 heteroatoms. The number of likely N-dealkylation sites (tertiary alicyclic amines) is 2. The Hall–Kier alpha value is -1.83. The summed E-state index contributed by atoms with van der Waals surface area (Å²) in [6.45, 7) is 3.35. The summed E-state index contributed by atoms with van der Waals surface area (Å²) in [6, 6.07) is -1.34. The average Bonchev–Trinajstić information content (AvgIpc) is 3.08. The maximum absolute atomic E-state index is 12.1. The van der Waals surface area contributed by atoms with Gasteiger partial charge in [-0.1, -0.05) is 0 Å². The van der Waals surface area contributed by atoms with Gasteiger partial charge in [0.25, 0.3) is 0 Å². The van der Waals surface area contributed by atoms with Gasteiger partial charge in [0, 0.05) is 19.1 Å². The second-order valence-electron chi connectivity index (χ2n) is 5.64. The zero-order chi connectivity index (χ0) is 15.4. The van der Waals surface area contributed by atoms with Crippen LogP contribution in [0.5, 0.6) is 0 Å². The molecule has 3 amide bonds. The molecule has 21 heavy (non-hydrogen) atoms. The summed E-state index contributed by atoms with van der Waals surface area (Å²) in [5.41, 5.74) is 4.99. The number of carbonyl (C=O) groups excluding carboxylic acids is 2. The molecular formula is C13H22N4O4. The summed E-state index contributed by atoms with van der Waals surface area (Å²) in [4.78, 5) is 37.9. The van der Waals surface area contributed by atoms with E-state index in [1.165, 1.54) is 12.8 Å². The quantitative estimate of drug-likeness (QED) is 0.614. The van der Waals surface area contributed by atoms with E-state index < -0.39 is 30.4 Å². The number of urea groups is 1. The van der Waals surface area contributed by atoms with E-state index in [1.54, 1.807) is 4.90 Å². The van der Waals surface area contributed by atoms with Crippen molar-refractivity contribution in [2.24, 2.45) is 5.73 Å². The van der Waals surface area contributed by atoms with Crippen LogP contribution in [-0.2, 0) is 9.59 Å². The number of aliphatic carboxylic acids is 1. The maximum atomic E-state index is 12.1. The van der Waals surface area contributed by atoms with E-state index in [0.717, 1.165) is 19.5 Å². The fourth-order valence-electron chi connectivity index (χ4n) is 2.97. The van der Waals surface area contributed by atoms with Gasteiger partial charge in [0.1, 0.15) is 6.04 Å². The molecule has 2 aliphatic heterocycles. The van der Waals surface area contributed by atoms with Crippen molar-refractivity contribution in [2.45, 2.75) is 37.8 Å². The molecule has 0 aliphatic carbocycles. The van der Waals surface area contributed by atoms with Gasteiger partial charge in [-0.2, -0.15) is 0 Å². The van der Waals surface area contributed by atoms with Crippen LogP contribution in [-0.4, -0.2) is 71.1 Å². The Balaban J connectivity index is 1.85. The van der Waals surface area contributed by atoms with Crippen molar-refractivity contribution in [3.8, 4) is 0 Å². The molecule has 0 spiro atoms. The molecule has 0 saturated carbocycles. The Labute approximate surface area is 123 Å². The number of hydrogen-bond acceptors (Lipinski definition) is 4. The third kappa shape index (κ3) is 4.07. The van der Waals surface area contributed by atoms with Crippen LogP contribution in [0.2, 0.25) is 0 Å². The molecule has 2 heterocycles. The van der Waals surface area contributed by atoms with Gasteiger partial charge in [0.2, 0.25) is 5.91 Å². The minimum atomic E-state index is -1.26. The third-order valence-electron chi connectivity index (χ3n) is 4.11. The van der Waals surface area contributed by atoms with Crippen molar-refractivity contribution in [2.75, 3.05) is 26.2 Å². The monoisotopic (exact) mass is 298 g/mol. The van der Waals surface area contributed by atoms with E-state index in [4.69, 9.17) is 10.8 Å². The molecule has 0 bridgehead atoms. The molecule has 1 unspecified atom stereocenters. The maximum Gasteiger partial charge on any atom is 0.326 e. The van der Waals surface area contributed by atoms with Crippen molar-refractivity contribution in [1.29, 1.82) is 0 Å². The molecule has 2 saturated heterocycles. The summed E-state index contributed by atoms with van der Waals surface area (Å²) in [7, 11) is 0. The molecule has 2 aliphatic rings. The zero-order valence-electron chi connectivity index (χ0n) is 12.0. The second-order valence-corrected chi connectivity index (χ2v) is 5.64. The number of nitrogens with two attached hydrogens (primary N) is 1. The van der Waals surface area contributed by atoms with E-state index in [-0.39, 0.29) is 0 Å². The Morgan fingerprint density at radius 3 is 2.48 bits per heavy atom. The highest BCUT2D eigenvalue weighted by Crippen LogP contribution is 2.20. The topological polar surface area (TPSA) is 116 Å². The van der Waals surface area contributed by atoms with E-state index in [2.05, 4.69) is 10.2 Å². The van der Waals surface area contributed by atoms with Gasteiger partial charge in [0.15, 0.2) is 0 Å². The lowest BCUT2D eigenvalue weighted by atomic mass is 10.2. The lowest BCUT2D eigenvalue weighted by Gasteiger charge is -2.24. The molecule has 2 rings (SSSR count). The Bertz CT molecular complexity index is 422. The number of nitrogens with zero attached hydrogens (tertiary/aromatic N) is 2. The van der Waals surface area contributed by atoms with Gasteiger partial charge in [0.05, 0.1) is 6.42 Å². The van der Waals surface area contributed by atoms with Gasteiger partial charge in [-0.25, -0.2) is 9.59 Å². The van der Waals surface area contributed by atoms with Crippen molar-refractivity contribution in [3.05, 3.63) is 0 Å². The van der Waals surface area contributed by atoms with Crippen LogP contribution in [0, 0.1) is 0 Å². The summed E-state index contributed by atoms with van der Waals surface area (Å²) in [6.07, 6.45) is 2.90. The molecule has 0 aromatic rings. The minimum absolute atomic E-state index is 0.359. The first kappa shape index (κ1) is 15.6. The van der Waals surface area contributed by atoms with Gasteiger partial charge in [-0.05, 0) is 32.4 Å². The number of carboxylic acid groups (broad SMARTS) is 1. The SMILES string of the molecule is NC(=O)C[C@H](NC(=O)N1CCC(N2CCCC2)C1)C(=O)O. The number of rotatable bonds is 5. The summed E-state index contributed by atoms with van der Waals surface area (Å²) in [5.74, 6) is -2.00. The van der Waals surface area contributed by atoms with E-state index in [0.29, 0.717) is 19.1 Å². The van der Waals surface area contributed by atoms with Gasteiger partial charge in [-0.3, -0.25) is 9.69 Å². The standard InChI is InChI=1S/C13H22N4O4/c14-11(18)7-10(12(19)20)15-13(21)17-6-3-9(8-17)16-4-1-2-5-16/h9-10H,1-8H2,(H2,14,18)(H,15,21)(H,19,20)/t9?,10-/m0/s1. The number of hydrogen-bond donors (Lipinski definition) is 3. The van der Waals surface area contributed by atoms with Crippen molar-refractivity contribution in [3.63, 3.8) is 0 Å². The highest BCUT2D eigenvalue weighted by atomic mass is 16.4. The predicted molar refractivity (Wildman–Crippen MR) is 74.6 cm³/mol. The highest BCUT2D eigenvalue weighted by molar-refractivity contribution is 5.87. The second kappa shape index (κ2) is 6.75. The third-order valence-corrected chi connectivity index (χ3v) is 4.11. The summed E-state index contributed by atoms with van der Waals surface area (Å²) >= 11 is 0. The van der Waals surface area contributed by atoms with Crippen LogP contribution in [0.25, 0.3) is 0 Å². The number of carbonyl (C=O) groups is 3. The lowest BCUT2D eigenvalue weighted by molar-refractivity contribution is -0.140. The van der Waals surface area contributed by atoms with E-state index in [9.17, 15) is 14.4 Å². The average molecular weight is 298 g/mol. The first-order valence-electron chi connectivity index (χ1n) is 7.28. The molecule has 2 fully saturated rings. The molecule has 0 aromatic heterocycles. The normalized spacial score (nSPS) is 24.0. The Morgan fingerprint density at radius 1 is 1.24 bits per heavy atom. The van der Waals surface area contributed by atoms with Gasteiger partial charge < -0.3 is 21.1 Å². The molecule has 4 N–H and O–H groups in total. The largest absolute Gasteiger partial charge is 0.480 e. The first-order valence-corrected chi connectivity index (χ1v) is 7.28. The minimum Gasteiger partial charge on any atom is -0.480 e. The Kier molecular flexibility index (Phi) is 5.00. The number of primary amides is 1. The Morgan fingerprint density at radius 2 is 1.90 bits per heavy atom. The van der Waals surface area contributed by atoms with Crippen molar-refractivity contribution in [1.82, 2.24) is 15.1 Å². The van der Waals surface area contributed by atoms with Gasteiger partial charge in [-0.15, -0.1) is 0 Å². The first-order chi connectivity index (χ1) is 9.97. The number of nitrogens with one attached hydrogen (secondary N) is 1. The molecule has 8 nitrogen and oxygen atoms in total. The van der Waals surface area contributed by atoms with Crippen LogP contribution in [0.3, 0.4) is 0 Å². The molecule has 0 aromatic carbocycles. The fraction of sp³-hybridized carbons (Fsp3) is 0.769.